The van der Waals surface area contributed by atoms with E-state index in [0.29, 0.717) is 23.9 Å². The molecule has 0 unspecified atom stereocenters. The molecule has 3 nitrogen and oxygen atoms in total. The lowest BCUT2D eigenvalue weighted by molar-refractivity contribution is 0.0593. The Kier molecular flexibility index (Phi) is 4.88. The first kappa shape index (κ1) is 16.1. The van der Waals surface area contributed by atoms with Crippen LogP contribution < -0.4 is 5.32 Å². The molecule has 0 bridgehead atoms. The van der Waals surface area contributed by atoms with Crippen LogP contribution in [0.15, 0.2) is 24.3 Å². The third kappa shape index (κ3) is 3.11. The molecule has 0 aromatic heterocycles. The summed E-state index contributed by atoms with van der Waals surface area (Å²) in [7, 11) is 0. The van der Waals surface area contributed by atoms with E-state index in [9.17, 15) is 4.79 Å². The van der Waals surface area contributed by atoms with Crippen LogP contribution >= 0.6 is 0 Å². The molecule has 2 saturated carbocycles. The van der Waals surface area contributed by atoms with Crippen molar-refractivity contribution < 1.29 is 4.79 Å². The van der Waals surface area contributed by atoms with Gasteiger partial charge in [-0.25, -0.2) is 0 Å². The highest BCUT2D eigenvalue weighted by molar-refractivity contribution is 5.96. The van der Waals surface area contributed by atoms with Crippen LogP contribution in [0.1, 0.15) is 79.6 Å². The lowest BCUT2D eigenvalue weighted by Crippen LogP contribution is -2.47. The predicted molar refractivity (Wildman–Crippen MR) is 97.4 cm³/mol. The van der Waals surface area contributed by atoms with Gasteiger partial charge in [-0.05, 0) is 56.2 Å². The highest BCUT2D eigenvalue weighted by Gasteiger charge is 2.35. The van der Waals surface area contributed by atoms with E-state index < -0.39 is 0 Å². The van der Waals surface area contributed by atoms with Crippen LogP contribution in [0.4, 0.5) is 0 Å². The number of carbonyl (C=O) groups excluding carboxylic acids is 1. The maximum absolute atomic E-state index is 13.6. The standard InChI is InChI=1S/C21H30N2O/c24-21(20-12-6-5-11-19(20)16-7-1-2-8-16)23(17-9-3-4-10-17)18-13-14-22-15-18/h5-6,11-12,16-18,22H,1-4,7-10,13-15H2/t18-/m0/s1. The minimum absolute atomic E-state index is 0.304. The lowest BCUT2D eigenvalue weighted by atomic mass is 9.91. The van der Waals surface area contributed by atoms with Gasteiger partial charge in [-0.15, -0.1) is 0 Å². The van der Waals surface area contributed by atoms with Crippen LogP contribution in [0.25, 0.3) is 0 Å². The maximum atomic E-state index is 13.6. The first-order valence-corrected chi connectivity index (χ1v) is 9.97. The summed E-state index contributed by atoms with van der Waals surface area (Å²) >= 11 is 0. The van der Waals surface area contributed by atoms with Crippen LogP contribution in [0.2, 0.25) is 0 Å². The van der Waals surface area contributed by atoms with Crippen molar-refractivity contribution in [2.24, 2.45) is 0 Å². The molecule has 130 valence electrons. The topological polar surface area (TPSA) is 32.3 Å². The molecule has 3 aliphatic rings. The number of rotatable bonds is 4. The van der Waals surface area contributed by atoms with Gasteiger partial charge in [0.15, 0.2) is 0 Å². The number of nitrogens with zero attached hydrogens (tertiary/aromatic N) is 1. The van der Waals surface area contributed by atoms with E-state index in [2.05, 4.69) is 28.4 Å². The van der Waals surface area contributed by atoms with Gasteiger partial charge in [0.2, 0.25) is 0 Å². The maximum Gasteiger partial charge on any atom is 0.254 e. The molecule has 1 heterocycles. The normalized spacial score (nSPS) is 25.4. The van der Waals surface area contributed by atoms with Gasteiger partial charge >= 0.3 is 0 Å². The average molecular weight is 326 g/mol. The molecule has 1 saturated heterocycles. The van der Waals surface area contributed by atoms with E-state index in [-0.39, 0.29) is 0 Å². The van der Waals surface area contributed by atoms with Gasteiger partial charge in [-0.3, -0.25) is 4.79 Å². The summed E-state index contributed by atoms with van der Waals surface area (Å²) in [4.78, 5) is 15.9. The Morgan fingerprint density at radius 1 is 0.917 bits per heavy atom. The van der Waals surface area contributed by atoms with E-state index >= 15 is 0 Å². The molecule has 24 heavy (non-hydrogen) atoms. The number of amides is 1. The van der Waals surface area contributed by atoms with E-state index in [4.69, 9.17) is 0 Å². The van der Waals surface area contributed by atoms with E-state index in [0.717, 1.165) is 25.1 Å². The molecular weight excluding hydrogens is 296 g/mol. The first-order valence-electron chi connectivity index (χ1n) is 9.97. The van der Waals surface area contributed by atoms with E-state index in [1.807, 2.05) is 6.07 Å². The Morgan fingerprint density at radius 3 is 2.33 bits per heavy atom. The monoisotopic (exact) mass is 326 g/mol. The summed E-state index contributed by atoms with van der Waals surface area (Å²) in [6, 6.07) is 9.30. The highest BCUT2D eigenvalue weighted by Crippen LogP contribution is 2.37. The fourth-order valence-corrected chi connectivity index (χ4v) is 5.11. The minimum Gasteiger partial charge on any atom is -0.331 e. The largest absolute Gasteiger partial charge is 0.331 e. The molecular formula is C21H30N2O. The average Bonchev–Trinajstić information content (AvgIpc) is 3.38. The van der Waals surface area contributed by atoms with Crippen LogP contribution in [0.3, 0.4) is 0 Å². The Balaban J connectivity index is 1.64. The second kappa shape index (κ2) is 7.26. The molecule has 1 atom stereocenters. The summed E-state index contributed by atoms with van der Waals surface area (Å²) in [6.45, 7) is 2.01. The quantitative estimate of drug-likeness (QED) is 0.904. The fourth-order valence-electron chi connectivity index (χ4n) is 5.11. The molecule has 3 fully saturated rings. The zero-order valence-electron chi connectivity index (χ0n) is 14.7. The molecule has 0 radical (unpaired) electrons. The van der Waals surface area contributed by atoms with Gasteiger partial charge in [-0.2, -0.15) is 0 Å². The lowest BCUT2D eigenvalue weighted by Gasteiger charge is -2.35. The zero-order chi connectivity index (χ0) is 16.4. The van der Waals surface area contributed by atoms with Crippen molar-refractivity contribution in [3.8, 4) is 0 Å². The second-order valence-corrected chi connectivity index (χ2v) is 7.87. The van der Waals surface area contributed by atoms with Crippen molar-refractivity contribution in [3.63, 3.8) is 0 Å². The van der Waals surface area contributed by atoms with Crippen LogP contribution in [-0.4, -0.2) is 36.0 Å². The van der Waals surface area contributed by atoms with Gasteiger partial charge in [0.05, 0.1) is 0 Å². The van der Waals surface area contributed by atoms with Gasteiger partial charge in [-0.1, -0.05) is 43.9 Å². The molecule has 3 heteroatoms. The second-order valence-electron chi connectivity index (χ2n) is 7.87. The molecule has 1 aromatic rings. The number of hydrogen-bond donors (Lipinski definition) is 1. The summed E-state index contributed by atoms with van der Waals surface area (Å²) < 4.78 is 0. The molecule has 4 rings (SSSR count). The Labute approximate surface area is 145 Å². The van der Waals surface area contributed by atoms with Crippen LogP contribution in [0, 0.1) is 0 Å². The van der Waals surface area contributed by atoms with Crippen molar-refractivity contribution in [2.75, 3.05) is 13.1 Å². The highest BCUT2D eigenvalue weighted by atomic mass is 16.2. The van der Waals surface area contributed by atoms with Crippen LogP contribution in [-0.2, 0) is 0 Å². The van der Waals surface area contributed by atoms with Crippen LogP contribution in [0.5, 0.6) is 0 Å². The molecule has 0 spiro atoms. The van der Waals surface area contributed by atoms with Crippen molar-refractivity contribution in [1.82, 2.24) is 10.2 Å². The van der Waals surface area contributed by atoms with Crippen molar-refractivity contribution >= 4 is 5.91 Å². The Hall–Kier alpha value is -1.35. The predicted octanol–water partition coefficient (Wildman–Crippen LogP) is 4.09. The zero-order valence-corrected chi connectivity index (χ0v) is 14.7. The van der Waals surface area contributed by atoms with Crippen molar-refractivity contribution in [3.05, 3.63) is 35.4 Å². The molecule has 1 amide bonds. The van der Waals surface area contributed by atoms with Crippen molar-refractivity contribution in [1.29, 1.82) is 0 Å². The van der Waals surface area contributed by atoms with Gasteiger partial charge < -0.3 is 10.2 Å². The molecule has 2 aliphatic carbocycles. The number of benzene rings is 1. The van der Waals surface area contributed by atoms with E-state index in [1.54, 1.807) is 0 Å². The summed E-state index contributed by atoms with van der Waals surface area (Å²) in [5, 5.41) is 3.46. The Morgan fingerprint density at radius 2 is 1.62 bits per heavy atom. The van der Waals surface area contributed by atoms with E-state index in [1.165, 1.54) is 56.9 Å². The Bertz CT molecular complexity index is 551. The van der Waals surface area contributed by atoms with Gasteiger partial charge in [0.25, 0.3) is 5.91 Å². The molecule has 1 aliphatic heterocycles. The van der Waals surface area contributed by atoms with Gasteiger partial charge in [0, 0.05) is 24.2 Å². The minimum atomic E-state index is 0.304. The molecule has 1 aromatic carbocycles. The SMILES string of the molecule is O=C(c1ccccc1C1CCCC1)N(C1CCCC1)[C@H]1CCNC1. The number of hydrogen-bond acceptors (Lipinski definition) is 2. The summed E-state index contributed by atoms with van der Waals surface area (Å²) in [6.07, 6.45) is 11.2. The molecule has 1 N–H and O–H groups in total. The fraction of sp³-hybridized carbons (Fsp3) is 0.667. The summed E-state index contributed by atoms with van der Waals surface area (Å²) in [5.74, 6) is 0.899. The number of carbonyl (C=O) groups is 1. The smallest absolute Gasteiger partial charge is 0.254 e. The third-order valence-electron chi connectivity index (χ3n) is 6.37. The van der Waals surface area contributed by atoms with Crippen molar-refractivity contribution in [2.45, 2.75) is 75.8 Å². The summed E-state index contributed by atoms with van der Waals surface area (Å²) in [5.41, 5.74) is 2.30. The number of nitrogens with one attached hydrogen (secondary N) is 1. The third-order valence-corrected chi connectivity index (χ3v) is 6.37. The van der Waals surface area contributed by atoms with Gasteiger partial charge in [0.1, 0.15) is 0 Å². The first-order chi connectivity index (χ1) is 11.8.